The summed E-state index contributed by atoms with van der Waals surface area (Å²) in [6.45, 7) is 0.695. The summed E-state index contributed by atoms with van der Waals surface area (Å²) in [7, 11) is -2.67. The second-order valence-electron chi connectivity index (χ2n) is 2.73. The Hall–Kier alpha value is -0.0231. The van der Waals surface area contributed by atoms with Crippen LogP contribution in [0.2, 0.25) is 0 Å². The topological polar surface area (TPSA) is 111 Å². The van der Waals surface area contributed by atoms with Crippen LogP contribution in [0, 0.1) is 0 Å². The van der Waals surface area contributed by atoms with E-state index in [1.165, 1.54) is 7.11 Å². The van der Waals surface area contributed by atoms with Crippen molar-refractivity contribution in [2.75, 3.05) is 20.3 Å². The third kappa shape index (κ3) is 7.08. The van der Waals surface area contributed by atoms with E-state index in [0.29, 0.717) is 19.4 Å². The SMILES string of the molecule is CO[Si](O)(O)OCCC(N)CCN. The van der Waals surface area contributed by atoms with Crippen LogP contribution in [0.5, 0.6) is 0 Å². The highest BCUT2D eigenvalue weighted by atomic mass is 28.4. The van der Waals surface area contributed by atoms with Crippen molar-refractivity contribution < 1.29 is 18.4 Å². The van der Waals surface area contributed by atoms with Gasteiger partial charge in [-0.15, -0.1) is 0 Å². The molecule has 1 unspecified atom stereocenters. The summed E-state index contributed by atoms with van der Waals surface area (Å²) >= 11 is 0. The van der Waals surface area contributed by atoms with Gasteiger partial charge < -0.3 is 29.9 Å². The van der Waals surface area contributed by atoms with Gasteiger partial charge in [-0.05, 0) is 19.4 Å². The Balaban J connectivity index is 3.44. The maximum absolute atomic E-state index is 8.95. The van der Waals surface area contributed by atoms with E-state index in [2.05, 4.69) is 4.43 Å². The molecular weight excluding hydrogens is 192 g/mol. The molecule has 0 fully saturated rings. The van der Waals surface area contributed by atoms with E-state index in [9.17, 15) is 0 Å². The Morgan fingerprint density at radius 3 is 2.46 bits per heavy atom. The van der Waals surface area contributed by atoms with Crippen LogP contribution in [0.1, 0.15) is 12.8 Å². The Bertz CT molecular complexity index is 136. The summed E-state index contributed by atoms with van der Waals surface area (Å²) in [5.74, 6) is 0. The van der Waals surface area contributed by atoms with Gasteiger partial charge in [0, 0.05) is 19.8 Å². The second kappa shape index (κ2) is 6.43. The van der Waals surface area contributed by atoms with Crippen molar-refractivity contribution in [2.45, 2.75) is 18.9 Å². The molecular formula is C6H18N2O4Si. The summed E-state index contributed by atoms with van der Waals surface area (Å²) < 4.78 is 9.04. The van der Waals surface area contributed by atoms with Gasteiger partial charge in [0.1, 0.15) is 0 Å². The van der Waals surface area contributed by atoms with Crippen molar-refractivity contribution in [3.05, 3.63) is 0 Å². The minimum Gasteiger partial charge on any atom is -0.367 e. The molecule has 0 aliphatic heterocycles. The molecule has 0 aromatic rings. The Labute approximate surface area is 78.9 Å². The molecule has 6 nitrogen and oxygen atoms in total. The maximum Gasteiger partial charge on any atom is 0.673 e. The first kappa shape index (κ1) is 13.0. The van der Waals surface area contributed by atoms with Crippen LogP contribution in [0.25, 0.3) is 0 Å². The van der Waals surface area contributed by atoms with Crippen molar-refractivity contribution >= 4 is 9.05 Å². The lowest BCUT2D eigenvalue weighted by Crippen LogP contribution is -2.42. The van der Waals surface area contributed by atoms with Crippen LogP contribution in [0.15, 0.2) is 0 Å². The van der Waals surface area contributed by atoms with Crippen LogP contribution in [-0.4, -0.2) is 44.9 Å². The molecule has 80 valence electrons. The fraction of sp³-hybridized carbons (Fsp3) is 1.00. The molecule has 0 amide bonds. The summed E-state index contributed by atoms with van der Waals surface area (Å²) in [4.78, 5) is 17.9. The van der Waals surface area contributed by atoms with E-state index < -0.39 is 9.05 Å². The average molecular weight is 210 g/mol. The van der Waals surface area contributed by atoms with Gasteiger partial charge in [-0.2, -0.15) is 0 Å². The third-order valence-corrected chi connectivity index (χ3v) is 2.69. The molecule has 0 saturated heterocycles. The lowest BCUT2D eigenvalue weighted by molar-refractivity contribution is 0.0401. The Morgan fingerprint density at radius 2 is 2.00 bits per heavy atom. The molecule has 1 atom stereocenters. The zero-order valence-corrected chi connectivity index (χ0v) is 8.77. The van der Waals surface area contributed by atoms with Gasteiger partial charge in [0.15, 0.2) is 0 Å². The van der Waals surface area contributed by atoms with Gasteiger partial charge in [0.2, 0.25) is 0 Å². The van der Waals surface area contributed by atoms with Crippen LogP contribution in [-0.2, 0) is 8.85 Å². The third-order valence-electron chi connectivity index (χ3n) is 1.58. The van der Waals surface area contributed by atoms with Crippen molar-refractivity contribution in [1.29, 1.82) is 0 Å². The van der Waals surface area contributed by atoms with Crippen molar-refractivity contribution in [3.63, 3.8) is 0 Å². The minimum absolute atomic E-state index is 0.0633. The molecule has 0 rings (SSSR count). The number of hydrogen-bond acceptors (Lipinski definition) is 6. The zero-order valence-electron chi connectivity index (χ0n) is 7.77. The quantitative estimate of drug-likeness (QED) is 0.367. The molecule has 0 aromatic heterocycles. The summed E-state index contributed by atoms with van der Waals surface area (Å²) in [5, 5.41) is 0. The number of rotatable bonds is 7. The molecule has 0 heterocycles. The zero-order chi connectivity index (χ0) is 10.3. The fourth-order valence-electron chi connectivity index (χ4n) is 0.761. The molecule has 0 aromatic carbocycles. The number of hydrogen-bond donors (Lipinski definition) is 4. The second-order valence-corrected chi connectivity index (χ2v) is 4.52. The first-order chi connectivity index (χ1) is 6.02. The van der Waals surface area contributed by atoms with Crippen molar-refractivity contribution in [3.8, 4) is 0 Å². The van der Waals surface area contributed by atoms with E-state index in [1.54, 1.807) is 0 Å². The predicted octanol–water partition coefficient (Wildman–Crippen LogP) is -1.86. The van der Waals surface area contributed by atoms with E-state index in [0.717, 1.165) is 0 Å². The highest BCUT2D eigenvalue weighted by Gasteiger charge is 2.34. The van der Waals surface area contributed by atoms with Crippen LogP contribution in [0.4, 0.5) is 0 Å². The first-order valence-corrected chi connectivity index (χ1v) is 5.82. The first-order valence-electron chi connectivity index (χ1n) is 4.11. The summed E-state index contributed by atoms with van der Waals surface area (Å²) in [5.41, 5.74) is 10.9. The molecule has 0 aliphatic carbocycles. The average Bonchev–Trinajstić information content (AvgIpc) is 2.05. The molecule has 0 spiro atoms. The van der Waals surface area contributed by atoms with Gasteiger partial charge in [-0.25, -0.2) is 0 Å². The van der Waals surface area contributed by atoms with Gasteiger partial charge in [0.25, 0.3) is 0 Å². The summed E-state index contributed by atoms with van der Waals surface area (Å²) in [6, 6.07) is -0.0633. The highest BCUT2D eigenvalue weighted by molar-refractivity contribution is 6.50. The molecule has 0 radical (unpaired) electrons. The van der Waals surface area contributed by atoms with E-state index in [1.807, 2.05) is 0 Å². The Kier molecular flexibility index (Phi) is 6.42. The largest absolute Gasteiger partial charge is 0.673 e. The van der Waals surface area contributed by atoms with Gasteiger partial charge >= 0.3 is 9.05 Å². The summed E-state index contributed by atoms with van der Waals surface area (Å²) in [6.07, 6.45) is 1.23. The van der Waals surface area contributed by atoms with Crippen molar-refractivity contribution in [2.24, 2.45) is 11.5 Å². The fourth-order valence-corrected chi connectivity index (χ4v) is 1.26. The predicted molar refractivity (Wildman–Crippen MR) is 49.4 cm³/mol. The van der Waals surface area contributed by atoms with Crippen LogP contribution in [0.3, 0.4) is 0 Å². The molecule has 0 aliphatic rings. The maximum atomic E-state index is 8.95. The molecule has 7 heteroatoms. The van der Waals surface area contributed by atoms with Crippen LogP contribution >= 0.6 is 0 Å². The molecule has 6 N–H and O–H groups in total. The van der Waals surface area contributed by atoms with Gasteiger partial charge in [-0.3, -0.25) is 0 Å². The highest BCUT2D eigenvalue weighted by Crippen LogP contribution is 1.99. The number of nitrogens with two attached hydrogens (primary N) is 2. The lowest BCUT2D eigenvalue weighted by Gasteiger charge is -2.16. The van der Waals surface area contributed by atoms with E-state index in [4.69, 9.17) is 25.5 Å². The smallest absolute Gasteiger partial charge is 0.367 e. The Morgan fingerprint density at radius 1 is 1.38 bits per heavy atom. The van der Waals surface area contributed by atoms with E-state index in [-0.39, 0.29) is 12.6 Å². The molecule has 0 saturated carbocycles. The normalized spacial score (nSPS) is 14.5. The van der Waals surface area contributed by atoms with Crippen LogP contribution < -0.4 is 11.5 Å². The van der Waals surface area contributed by atoms with Gasteiger partial charge in [0.05, 0.1) is 0 Å². The van der Waals surface area contributed by atoms with E-state index >= 15 is 0 Å². The minimum atomic E-state index is -3.85. The van der Waals surface area contributed by atoms with Crippen molar-refractivity contribution in [1.82, 2.24) is 0 Å². The molecule has 13 heavy (non-hydrogen) atoms. The standard InChI is InChI=1S/C6H18N2O4Si/c1-11-13(9,10)12-5-3-6(8)2-4-7/h6,9-10H,2-5,7-8H2,1H3. The molecule has 0 bridgehead atoms. The monoisotopic (exact) mass is 210 g/mol. The van der Waals surface area contributed by atoms with Gasteiger partial charge in [-0.1, -0.05) is 0 Å². The lowest BCUT2D eigenvalue weighted by atomic mass is 10.2.